The molecule has 0 radical (unpaired) electrons. The zero-order valence-corrected chi connectivity index (χ0v) is 21.6. The number of aromatic nitrogens is 1. The van der Waals surface area contributed by atoms with E-state index in [0.717, 1.165) is 35.4 Å². The van der Waals surface area contributed by atoms with Crippen molar-refractivity contribution in [1.29, 1.82) is 0 Å². The summed E-state index contributed by atoms with van der Waals surface area (Å²) in [4.78, 5) is 37.9. The van der Waals surface area contributed by atoms with E-state index < -0.39 is 38.3 Å². The number of ketones is 2. The minimum Gasteiger partial charge on any atom is -0.290 e. The monoisotopic (exact) mass is 530 g/mol. The van der Waals surface area contributed by atoms with Crippen LogP contribution in [0.2, 0.25) is 0 Å². The smallest absolute Gasteiger partial charge is 0.269 e. The lowest BCUT2D eigenvalue weighted by molar-refractivity contribution is -0.384. The van der Waals surface area contributed by atoms with Crippen LogP contribution in [-0.2, 0) is 14.8 Å². The van der Waals surface area contributed by atoms with Gasteiger partial charge >= 0.3 is 0 Å². The molecule has 9 heteroatoms. The molecule has 3 aliphatic rings. The lowest BCUT2D eigenvalue weighted by Crippen LogP contribution is -2.44. The van der Waals surface area contributed by atoms with Gasteiger partial charge in [-0.15, -0.1) is 0 Å². The molecule has 194 valence electrons. The molecule has 3 aliphatic carbocycles. The molecule has 0 bridgehead atoms. The molecule has 1 saturated carbocycles. The maximum atomic E-state index is 14.0. The summed E-state index contributed by atoms with van der Waals surface area (Å²) in [5, 5.41) is 11.1. The predicted molar refractivity (Wildman–Crippen MR) is 140 cm³/mol. The first-order chi connectivity index (χ1) is 18.2. The molecule has 6 rings (SSSR count). The molecule has 1 heterocycles. The van der Waals surface area contributed by atoms with E-state index in [9.17, 15) is 28.1 Å². The number of rotatable bonds is 4. The van der Waals surface area contributed by atoms with E-state index in [1.807, 2.05) is 6.07 Å². The zero-order valence-electron chi connectivity index (χ0n) is 20.7. The topological polar surface area (TPSA) is 116 Å². The average molecular weight is 531 g/mol. The average Bonchev–Trinajstić information content (AvgIpc) is 3.34. The number of hydrogen-bond acceptors (Lipinski definition) is 6. The summed E-state index contributed by atoms with van der Waals surface area (Å²) >= 11 is 0. The number of nitro benzene ring substituents is 1. The van der Waals surface area contributed by atoms with E-state index in [2.05, 4.69) is 13.0 Å². The van der Waals surface area contributed by atoms with Gasteiger partial charge in [0.25, 0.3) is 15.7 Å². The first kappa shape index (κ1) is 24.5. The van der Waals surface area contributed by atoms with Crippen LogP contribution in [0.5, 0.6) is 0 Å². The fraction of sp³-hybridized carbons (Fsp3) is 0.310. The van der Waals surface area contributed by atoms with Crippen molar-refractivity contribution in [3.63, 3.8) is 0 Å². The van der Waals surface area contributed by atoms with Gasteiger partial charge in [-0.1, -0.05) is 55.3 Å². The van der Waals surface area contributed by atoms with Crippen LogP contribution >= 0.6 is 0 Å². The Morgan fingerprint density at radius 1 is 0.974 bits per heavy atom. The van der Waals surface area contributed by atoms with Crippen LogP contribution in [0.4, 0.5) is 5.69 Å². The second kappa shape index (κ2) is 8.87. The van der Waals surface area contributed by atoms with Crippen LogP contribution < -0.4 is 0 Å². The summed E-state index contributed by atoms with van der Waals surface area (Å²) in [7, 11) is -4.23. The van der Waals surface area contributed by atoms with Gasteiger partial charge in [0.1, 0.15) is 0 Å². The van der Waals surface area contributed by atoms with E-state index in [4.69, 9.17) is 0 Å². The zero-order chi connectivity index (χ0) is 26.8. The Morgan fingerprint density at radius 3 is 2.37 bits per heavy atom. The third kappa shape index (κ3) is 3.60. The summed E-state index contributed by atoms with van der Waals surface area (Å²) in [6, 6.07) is 13.7. The molecule has 0 N–H and O–H groups in total. The Morgan fingerprint density at radius 2 is 1.68 bits per heavy atom. The number of non-ortho nitro benzene ring substituents is 1. The summed E-state index contributed by atoms with van der Waals surface area (Å²) in [5.74, 6) is -1.88. The van der Waals surface area contributed by atoms with Gasteiger partial charge in [-0.2, -0.15) is 0 Å². The lowest BCUT2D eigenvalue weighted by atomic mass is 9.59. The number of allylic oxidation sites excluding steroid dienone is 2. The highest BCUT2D eigenvalue weighted by Crippen LogP contribution is 2.53. The third-order valence-corrected chi connectivity index (χ3v) is 10.1. The van der Waals surface area contributed by atoms with Crippen LogP contribution in [0.3, 0.4) is 0 Å². The van der Waals surface area contributed by atoms with Gasteiger partial charge in [-0.3, -0.25) is 19.7 Å². The van der Waals surface area contributed by atoms with Crippen molar-refractivity contribution >= 4 is 27.3 Å². The normalized spacial score (nSPS) is 24.7. The first-order valence-electron chi connectivity index (χ1n) is 12.8. The Labute approximate surface area is 220 Å². The minimum absolute atomic E-state index is 0.0762. The molecular formula is C29H26N2O6S. The molecule has 0 aliphatic heterocycles. The quantitative estimate of drug-likeness (QED) is 0.189. The Hall–Kier alpha value is -3.85. The molecule has 0 saturated heterocycles. The molecule has 8 nitrogen and oxygen atoms in total. The second-order valence-corrected chi connectivity index (χ2v) is 12.2. The highest BCUT2D eigenvalue weighted by Gasteiger charge is 2.52. The predicted octanol–water partition coefficient (Wildman–Crippen LogP) is 5.53. The van der Waals surface area contributed by atoms with E-state index in [0.29, 0.717) is 29.2 Å². The minimum atomic E-state index is -4.23. The molecule has 4 atom stereocenters. The Balaban J connectivity index is 1.59. The number of hydrogen-bond donors (Lipinski definition) is 0. The number of nitrogens with zero attached hydrogens (tertiary/aromatic N) is 2. The van der Waals surface area contributed by atoms with Crippen LogP contribution in [0.25, 0.3) is 11.1 Å². The lowest BCUT2D eigenvalue weighted by Gasteiger charge is -2.44. The highest BCUT2D eigenvalue weighted by atomic mass is 32.2. The van der Waals surface area contributed by atoms with Gasteiger partial charge in [0, 0.05) is 35.7 Å². The van der Waals surface area contributed by atoms with Crippen LogP contribution in [-0.4, -0.2) is 28.9 Å². The Kier molecular flexibility index (Phi) is 5.72. The standard InChI is InChI=1S/C29H26N2O6S/c1-17-6-5-9-22-21(17)14-15-23-25(22)28(32)29(33)26-24(18-7-3-2-4-8-18)16-30(27(23)26)38(36,37)20-12-10-19(11-13-20)31(34)35/h2-4,7-8,10-14,16-17,22-23,25H,5-6,9,15H2,1H3. The maximum Gasteiger partial charge on any atom is 0.269 e. The van der Waals surface area contributed by atoms with E-state index in [-0.39, 0.29) is 22.1 Å². The maximum absolute atomic E-state index is 14.0. The largest absolute Gasteiger partial charge is 0.290 e. The fourth-order valence-corrected chi connectivity index (χ4v) is 8.11. The Bertz CT molecular complexity index is 1620. The first-order valence-corrected chi connectivity index (χ1v) is 14.2. The SMILES string of the molecule is CC1CCCC2C1=CCC1c3c(c(-c4ccccc4)cn3S(=O)(=O)c3ccc([N+](=O)[O-])cc3)C(=O)C(=O)C21. The van der Waals surface area contributed by atoms with Gasteiger partial charge in [0.15, 0.2) is 0 Å². The van der Waals surface area contributed by atoms with Crippen molar-refractivity contribution in [1.82, 2.24) is 3.97 Å². The van der Waals surface area contributed by atoms with Gasteiger partial charge in [-0.25, -0.2) is 12.4 Å². The number of Topliss-reactive ketones (excluding diaryl/α,β-unsaturated/α-hetero) is 2. The number of fused-ring (bicyclic) bond motifs is 5. The van der Waals surface area contributed by atoms with Crippen LogP contribution in [0.1, 0.15) is 54.6 Å². The molecule has 38 heavy (non-hydrogen) atoms. The molecule has 1 aromatic heterocycles. The molecule has 1 fully saturated rings. The van der Waals surface area contributed by atoms with Crippen molar-refractivity contribution in [3.05, 3.63) is 93.8 Å². The highest BCUT2D eigenvalue weighted by molar-refractivity contribution is 7.90. The molecular weight excluding hydrogens is 504 g/mol. The summed E-state index contributed by atoms with van der Waals surface area (Å²) < 4.78 is 29.2. The van der Waals surface area contributed by atoms with Gasteiger partial charge in [0.05, 0.1) is 21.1 Å². The number of benzene rings is 2. The third-order valence-electron chi connectivity index (χ3n) is 8.43. The number of carbonyl (C=O) groups is 2. The van der Waals surface area contributed by atoms with Crippen molar-refractivity contribution in [2.75, 3.05) is 0 Å². The number of carbonyl (C=O) groups excluding carboxylic acids is 2. The van der Waals surface area contributed by atoms with Gasteiger partial charge < -0.3 is 0 Å². The van der Waals surface area contributed by atoms with Crippen molar-refractivity contribution in [2.24, 2.45) is 17.8 Å². The van der Waals surface area contributed by atoms with Crippen LogP contribution in [0.15, 0.2) is 77.3 Å². The molecule has 4 unspecified atom stereocenters. The van der Waals surface area contributed by atoms with Crippen molar-refractivity contribution in [2.45, 2.75) is 43.4 Å². The van der Waals surface area contributed by atoms with E-state index >= 15 is 0 Å². The summed E-state index contributed by atoms with van der Waals surface area (Å²) in [6.45, 7) is 2.15. The number of nitro groups is 1. The fourth-order valence-electron chi connectivity index (χ4n) is 6.67. The van der Waals surface area contributed by atoms with Gasteiger partial charge in [-0.05, 0) is 48.8 Å². The second-order valence-electron chi connectivity index (χ2n) is 10.4. The molecule has 2 aromatic carbocycles. The van der Waals surface area contributed by atoms with Crippen LogP contribution in [0, 0.1) is 27.9 Å². The molecule has 0 amide bonds. The summed E-state index contributed by atoms with van der Waals surface area (Å²) in [6.07, 6.45) is 6.86. The van der Waals surface area contributed by atoms with Crippen molar-refractivity contribution < 1.29 is 22.9 Å². The van der Waals surface area contributed by atoms with Crippen molar-refractivity contribution in [3.8, 4) is 11.1 Å². The summed E-state index contributed by atoms with van der Waals surface area (Å²) in [5.41, 5.74) is 2.51. The van der Waals surface area contributed by atoms with E-state index in [1.165, 1.54) is 23.9 Å². The van der Waals surface area contributed by atoms with E-state index in [1.54, 1.807) is 24.3 Å². The van der Waals surface area contributed by atoms with Gasteiger partial charge in [0.2, 0.25) is 11.6 Å². The molecule has 0 spiro atoms. The molecule has 3 aromatic rings.